The molecule has 0 aromatic heterocycles. The third-order valence-electron chi connectivity index (χ3n) is 1.48. The van der Waals surface area contributed by atoms with Gasteiger partial charge in [0, 0.05) is 10.7 Å². The van der Waals surface area contributed by atoms with E-state index in [4.69, 9.17) is 32.3 Å². The summed E-state index contributed by atoms with van der Waals surface area (Å²) in [4.78, 5) is -0.113. The maximum absolute atomic E-state index is 10.9. The third kappa shape index (κ3) is 3.27. The van der Waals surface area contributed by atoms with Crippen molar-refractivity contribution in [2.45, 2.75) is 4.90 Å². The molecule has 80 valence electrons. The van der Waals surface area contributed by atoms with Crippen molar-refractivity contribution in [2.24, 2.45) is 0 Å². The van der Waals surface area contributed by atoms with Crippen molar-refractivity contribution in [1.82, 2.24) is 0 Å². The number of hydrogen-bond acceptors (Lipinski definition) is 4. The molecule has 7 heteroatoms. The van der Waals surface area contributed by atoms with Gasteiger partial charge in [0.15, 0.2) is 6.61 Å². The summed E-state index contributed by atoms with van der Waals surface area (Å²) >= 11 is 5.71. The van der Waals surface area contributed by atoms with Crippen molar-refractivity contribution in [3.8, 4) is 11.8 Å². The van der Waals surface area contributed by atoms with Crippen molar-refractivity contribution < 1.29 is 13.2 Å². The van der Waals surface area contributed by atoms with Crippen LogP contribution in [0.15, 0.2) is 23.1 Å². The molecule has 0 heterocycles. The van der Waals surface area contributed by atoms with Gasteiger partial charge in [0.25, 0.3) is 9.05 Å². The van der Waals surface area contributed by atoms with E-state index in [1.54, 1.807) is 6.07 Å². The molecule has 0 aliphatic carbocycles. The molecule has 15 heavy (non-hydrogen) atoms. The molecule has 0 saturated heterocycles. The Morgan fingerprint density at radius 3 is 2.60 bits per heavy atom. The largest absolute Gasteiger partial charge is 0.477 e. The van der Waals surface area contributed by atoms with E-state index in [0.717, 1.165) is 6.07 Å². The lowest BCUT2D eigenvalue weighted by atomic mass is 10.3. The maximum atomic E-state index is 10.9. The summed E-state index contributed by atoms with van der Waals surface area (Å²) in [6.07, 6.45) is 0. The van der Waals surface area contributed by atoms with Crippen LogP contribution in [0.2, 0.25) is 5.02 Å². The van der Waals surface area contributed by atoms with Crippen molar-refractivity contribution in [2.75, 3.05) is 6.61 Å². The molecule has 0 amide bonds. The molecule has 0 spiro atoms. The third-order valence-corrected chi connectivity index (χ3v) is 3.12. The molecule has 4 nitrogen and oxygen atoms in total. The van der Waals surface area contributed by atoms with Crippen LogP contribution in [-0.2, 0) is 9.05 Å². The Labute approximate surface area is 96.4 Å². The highest BCUT2D eigenvalue weighted by atomic mass is 35.7. The fraction of sp³-hybridized carbons (Fsp3) is 0.125. The number of hydrogen-bond donors (Lipinski definition) is 0. The molecule has 0 unspecified atom stereocenters. The Hall–Kier alpha value is -0.960. The van der Waals surface area contributed by atoms with Crippen LogP contribution in [0.5, 0.6) is 5.75 Å². The minimum absolute atomic E-state index is 0.0898. The van der Waals surface area contributed by atoms with Crippen LogP contribution in [0.1, 0.15) is 0 Å². The van der Waals surface area contributed by atoms with Crippen molar-refractivity contribution >= 4 is 31.3 Å². The molecule has 0 N–H and O–H groups in total. The molecule has 0 radical (unpaired) electrons. The van der Waals surface area contributed by atoms with Crippen molar-refractivity contribution in [3.63, 3.8) is 0 Å². The zero-order chi connectivity index (χ0) is 11.5. The van der Waals surface area contributed by atoms with E-state index in [2.05, 4.69) is 0 Å². The number of benzene rings is 1. The summed E-state index contributed by atoms with van der Waals surface area (Å²) in [6.45, 7) is -0.160. The monoisotopic (exact) mass is 265 g/mol. The van der Waals surface area contributed by atoms with Gasteiger partial charge in [-0.2, -0.15) is 5.26 Å². The van der Waals surface area contributed by atoms with Crippen LogP contribution in [-0.4, -0.2) is 15.0 Å². The molecule has 1 aromatic rings. The highest BCUT2D eigenvalue weighted by molar-refractivity contribution is 8.13. The second kappa shape index (κ2) is 4.71. The summed E-state index contributed by atoms with van der Waals surface area (Å²) in [5.41, 5.74) is 0. The highest BCUT2D eigenvalue weighted by Gasteiger charge is 2.12. The highest BCUT2D eigenvalue weighted by Crippen LogP contribution is 2.28. The molecule has 0 aliphatic rings. The average Bonchev–Trinajstić information content (AvgIpc) is 2.14. The van der Waals surface area contributed by atoms with Crippen LogP contribution in [0.25, 0.3) is 0 Å². The Morgan fingerprint density at radius 2 is 2.13 bits per heavy atom. The maximum Gasteiger partial charge on any atom is 0.261 e. The predicted octanol–water partition coefficient (Wildman–Crippen LogP) is 2.17. The number of nitrogens with zero attached hydrogens (tertiary/aromatic N) is 1. The number of rotatable bonds is 3. The molecule has 0 bridgehead atoms. The van der Waals surface area contributed by atoms with E-state index in [-0.39, 0.29) is 22.3 Å². The van der Waals surface area contributed by atoms with E-state index in [1.165, 1.54) is 12.1 Å². The summed E-state index contributed by atoms with van der Waals surface area (Å²) in [5.74, 6) is 0.238. The second-order valence-corrected chi connectivity index (χ2v) is 5.45. The second-order valence-electron chi connectivity index (χ2n) is 2.48. The molecule has 0 atom stereocenters. The van der Waals surface area contributed by atoms with Gasteiger partial charge in [0.2, 0.25) is 0 Å². The zero-order valence-electron chi connectivity index (χ0n) is 7.28. The zero-order valence-corrected chi connectivity index (χ0v) is 9.60. The fourth-order valence-corrected chi connectivity index (χ4v) is 1.94. The quantitative estimate of drug-likeness (QED) is 0.786. The van der Waals surface area contributed by atoms with Crippen LogP contribution >= 0.6 is 22.3 Å². The summed E-state index contributed by atoms with van der Waals surface area (Å²) in [7, 11) is 1.31. The van der Waals surface area contributed by atoms with Gasteiger partial charge in [0.05, 0.1) is 9.92 Å². The van der Waals surface area contributed by atoms with Crippen LogP contribution in [0.4, 0.5) is 0 Å². The fourth-order valence-electron chi connectivity index (χ4n) is 0.860. The Bertz CT molecular complexity index is 507. The summed E-state index contributed by atoms with van der Waals surface area (Å²) in [5, 5.41) is 8.36. The lowest BCUT2D eigenvalue weighted by Crippen LogP contribution is -1.96. The molecule has 1 rings (SSSR count). The van der Waals surface area contributed by atoms with Gasteiger partial charge in [-0.25, -0.2) is 8.42 Å². The minimum atomic E-state index is -3.80. The average molecular weight is 266 g/mol. The van der Waals surface area contributed by atoms with Gasteiger partial charge in [-0.1, -0.05) is 11.6 Å². The van der Waals surface area contributed by atoms with Crippen molar-refractivity contribution in [1.29, 1.82) is 5.26 Å². The SMILES string of the molecule is N#CCOc1ccc(S(=O)(=O)Cl)cc1Cl. The minimum Gasteiger partial charge on any atom is -0.477 e. The van der Waals surface area contributed by atoms with Crippen molar-refractivity contribution in [3.05, 3.63) is 23.2 Å². The van der Waals surface area contributed by atoms with Crippen LogP contribution in [0, 0.1) is 11.3 Å². The normalized spacial score (nSPS) is 10.7. The molecular weight excluding hydrogens is 261 g/mol. The lowest BCUT2D eigenvalue weighted by Gasteiger charge is -2.04. The number of ether oxygens (including phenoxy) is 1. The Kier molecular flexibility index (Phi) is 3.80. The Balaban J connectivity index is 3.05. The molecule has 0 aliphatic heterocycles. The predicted molar refractivity (Wildman–Crippen MR) is 55.6 cm³/mol. The Morgan fingerprint density at radius 1 is 1.47 bits per heavy atom. The molecular formula is C8H5Cl2NO3S. The van der Waals surface area contributed by atoms with Gasteiger partial charge >= 0.3 is 0 Å². The van der Waals surface area contributed by atoms with E-state index in [0.29, 0.717) is 0 Å². The summed E-state index contributed by atoms with van der Waals surface area (Å²) in [6, 6.07) is 5.52. The van der Waals surface area contributed by atoms with E-state index in [1.807, 2.05) is 0 Å². The first-order chi connectivity index (χ1) is 6.95. The molecule has 1 aromatic carbocycles. The first kappa shape index (κ1) is 12.1. The number of halogens is 2. The first-order valence-corrected chi connectivity index (χ1v) is 6.38. The smallest absolute Gasteiger partial charge is 0.261 e. The number of nitriles is 1. The lowest BCUT2D eigenvalue weighted by molar-refractivity contribution is 0.368. The van der Waals surface area contributed by atoms with E-state index < -0.39 is 9.05 Å². The van der Waals surface area contributed by atoms with Crippen LogP contribution < -0.4 is 4.74 Å². The van der Waals surface area contributed by atoms with Gasteiger partial charge in [-0.05, 0) is 18.2 Å². The van der Waals surface area contributed by atoms with E-state index >= 15 is 0 Å². The topological polar surface area (TPSA) is 67.2 Å². The molecule has 0 saturated carbocycles. The standard InChI is InChI=1S/C8H5Cl2NO3S/c9-7-5-6(15(10,12)13)1-2-8(7)14-4-3-11/h1-2,5H,4H2. The van der Waals surface area contributed by atoms with Gasteiger partial charge in [-0.3, -0.25) is 0 Å². The van der Waals surface area contributed by atoms with Gasteiger partial charge in [0.1, 0.15) is 11.8 Å². The van der Waals surface area contributed by atoms with Crippen LogP contribution in [0.3, 0.4) is 0 Å². The van der Waals surface area contributed by atoms with Gasteiger partial charge < -0.3 is 4.74 Å². The first-order valence-electron chi connectivity index (χ1n) is 3.69. The van der Waals surface area contributed by atoms with E-state index in [9.17, 15) is 8.42 Å². The molecule has 0 fully saturated rings. The summed E-state index contributed by atoms with van der Waals surface area (Å²) < 4.78 is 26.8. The van der Waals surface area contributed by atoms with Gasteiger partial charge in [-0.15, -0.1) is 0 Å².